The van der Waals surface area contributed by atoms with Gasteiger partial charge in [-0.2, -0.15) is 5.90 Å². The quantitative estimate of drug-likeness (QED) is 0.455. The third-order valence-corrected chi connectivity index (χ3v) is 2.03. The maximum atomic E-state index is 10.6. The summed E-state index contributed by atoms with van der Waals surface area (Å²) in [7, 11) is 0. The number of esters is 1. The largest absolute Gasteiger partial charge is 0.466 e. The molecule has 0 heterocycles. The number of aldehydes is 1. The van der Waals surface area contributed by atoms with Crippen molar-refractivity contribution in [1.82, 2.24) is 0 Å². The summed E-state index contributed by atoms with van der Waals surface area (Å²) >= 11 is 0. The van der Waals surface area contributed by atoms with Crippen molar-refractivity contribution in [2.24, 2.45) is 5.90 Å². The minimum Gasteiger partial charge on any atom is -0.466 e. The van der Waals surface area contributed by atoms with E-state index in [-0.39, 0.29) is 5.97 Å². The van der Waals surface area contributed by atoms with Gasteiger partial charge >= 0.3 is 5.97 Å². The monoisotopic (exact) mass is 223 g/mol. The second-order valence-electron chi connectivity index (χ2n) is 3.20. The Morgan fingerprint density at radius 2 is 2.25 bits per heavy atom. The predicted octanol–water partition coefficient (Wildman–Crippen LogP) is 0.857. The van der Waals surface area contributed by atoms with Gasteiger partial charge in [-0.3, -0.25) is 9.59 Å². The molecule has 0 radical (unpaired) electrons. The van der Waals surface area contributed by atoms with Gasteiger partial charge in [-0.25, -0.2) is 0 Å². The maximum Gasteiger partial charge on any atom is 0.302 e. The Morgan fingerprint density at radius 1 is 1.50 bits per heavy atom. The lowest BCUT2D eigenvalue weighted by Crippen LogP contribution is -2.07. The van der Waals surface area contributed by atoms with Gasteiger partial charge in [-0.15, -0.1) is 0 Å². The molecule has 0 aliphatic rings. The Bertz CT molecular complexity index is 390. The number of benzene rings is 1. The van der Waals surface area contributed by atoms with Crippen molar-refractivity contribution in [3.05, 3.63) is 29.3 Å². The number of ether oxygens (including phenoxy) is 1. The zero-order valence-electron chi connectivity index (χ0n) is 8.93. The van der Waals surface area contributed by atoms with Crippen molar-refractivity contribution >= 4 is 12.3 Å². The Labute approximate surface area is 93.1 Å². The van der Waals surface area contributed by atoms with Gasteiger partial charge in [0.2, 0.25) is 0 Å². The Balaban J connectivity index is 2.67. The maximum absolute atomic E-state index is 10.6. The molecule has 5 heteroatoms. The molecule has 0 saturated carbocycles. The van der Waals surface area contributed by atoms with E-state index in [9.17, 15) is 9.59 Å². The van der Waals surface area contributed by atoms with Gasteiger partial charge in [0.05, 0.1) is 12.2 Å². The Morgan fingerprint density at radius 3 is 2.81 bits per heavy atom. The van der Waals surface area contributed by atoms with E-state index in [1.54, 1.807) is 18.2 Å². The highest BCUT2D eigenvalue weighted by molar-refractivity contribution is 5.79. The summed E-state index contributed by atoms with van der Waals surface area (Å²) in [6.07, 6.45) is 1.22. The van der Waals surface area contributed by atoms with E-state index in [1.807, 2.05) is 0 Å². The van der Waals surface area contributed by atoms with Crippen molar-refractivity contribution in [2.45, 2.75) is 13.3 Å². The fourth-order valence-corrected chi connectivity index (χ4v) is 1.25. The van der Waals surface area contributed by atoms with Gasteiger partial charge in [-0.1, -0.05) is 6.07 Å². The van der Waals surface area contributed by atoms with Crippen LogP contribution in [0.1, 0.15) is 22.8 Å². The first-order valence-electron chi connectivity index (χ1n) is 4.75. The molecule has 86 valence electrons. The molecule has 1 rings (SSSR count). The van der Waals surface area contributed by atoms with Gasteiger partial charge in [0.1, 0.15) is 0 Å². The summed E-state index contributed by atoms with van der Waals surface area (Å²) in [5, 5.41) is 0. The van der Waals surface area contributed by atoms with Crippen molar-refractivity contribution in [1.29, 1.82) is 0 Å². The number of carbonyl (C=O) groups excluding carboxylic acids is 2. The van der Waals surface area contributed by atoms with E-state index in [0.717, 1.165) is 5.56 Å². The van der Waals surface area contributed by atoms with Crippen LogP contribution in [0.3, 0.4) is 0 Å². The number of nitrogens with two attached hydrogens (primary N) is 1. The summed E-state index contributed by atoms with van der Waals surface area (Å²) in [6.45, 7) is 1.64. The molecule has 1 aromatic carbocycles. The van der Waals surface area contributed by atoms with Gasteiger partial charge < -0.3 is 9.57 Å². The van der Waals surface area contributed by atoms with Crippen LogP contribution in [0.2, 0.25) is 0 Å². The zero-order valence-corrected chi connectivity index (χ0v) is 8.93. The van der Waals surface area contributed by atoms with Gasteiger partial charge in [-0.05, 0) is 17.7 Å². The van der Waals surface area contributed by atoms with Crippen LogP contribution >= 0.6 is 0 Å². The molecular formula is C11H13NO4. The van der Waals surface area contributed by atoms with Gasteiger partial charge in [0.25, 0.3) is 0 Å². The highest BCUT2D eigenvalue weighted by Gasteiger charge is 2.04. The average Bonchev–Trinajstić information content (AvgIpc) is 2.28. The lowest BCUT2D eigenvalue weighted by molar-refractivity contribution is -0.140. The smallest absolute Gasteiger partial charge is 0.302 e. The Kier molecular flexibility index (Phi) is 4.47. The minimum absolute atomic E-state index is 0.291. The third kappa shape index (κ3) is 3.36. The van der Waals surface area contributed by atoms with E-state index >= 15 is 0 Å². The molecular weight excluding hydrogens is 210 g/mol. The first kappa shape index (κ1) is 12.2. The molecule has 1 aromatic rings. The second-order valence-corrected chi connectivity index (χ2v) is 3.20. The van der Waals surface area contributed by atoms with Crippen LogP contribution < -0.4 is 10.7 Å². The summed E-state index contributed by atoms with van der Waals surface area (Å²) in [4.78, 5) is 25.7. The van der Waals surface area contributed by atoms with Crippen LogP contribution in [0, 0.1) is 0 Å². The standard InChI is InChI=1S/C11H13NO4/c1-8(14)15-5-4-9-2-3-10(7-13)11(6-9)16-12/h2-3,6-7H,4-5,12H2,1H3. The van der Waals surface area contributed by atoms with Crippen LogP contribution in [0.5, 0.6) is 5.75 Å². The van der Waals surface area contributed by atoms with E-state index in [2.05, 4.69) is 4.84 Å². The van der Waals surface area contributed by atoms with Gasteiger partial charge in [0, 0.05) is 13.3 Å². The summed E-state index contributed by atoms with van der Waals surface area (Å²) in [5.41, 5.74) is 1.27. The predicted molar refractivity (Wildman–Crippen MR) is 57.0 cm³/mol. The van der Waals surface area contributed by atoms with E-state index in [1.165, 1.54) is 6.92 Å². The summed E-state index contributed by atoms with van der Waals surface area (Å²) < 4.78 is 4.80. The van der Waals surface area contributed by atoms with Gasteiger partial charge in [0.15, 0.2) is 12.0 Å². The van der Waals surface area contributed by atoms with Crippen LogP contribution in [-0.4, -0.2) is 18.9 Å². The van der Waals surface area contributed by atoms with Crippen molar-refractivity contribution in [3.8, 4) is 5.75 Å². The average molecular weight is 223 g/mol. The number of rotatable bonds is 5. The zero-order chi connectivity index (χ0) is 12.0. The molecule has 0 fully saturated rings. The molecule has 0 unspecified atom stereocenters. The molecule has 5 nitrogen and oxygen atoms in total. The molecule has 0 spiro atoms. The Hall–Kier alpha value is -1.88. The van der Waals surface area contributed by atoms with Crippen LogP contribution in [0.4, 0.5) is 0 Å². The van der Waals surface area contributed by atoms with E-state index in [0.29, 0.717) is 30.6 Å². The fraction of sp³-hybridized carbons (Fsp3) is 0.273. The van der Waals surface area contributed by atoms with Crippen molar-refractivity contribution in [2.75, 3.05) is 6.61 Å². The lowest BCUT2D eigenvalue weighted by Gasteiger charge is -2.06. The van der Waals surface area contributed by atoms with Crippen LogP contribution in [0.25, 0.3) is 0 Å². The molecule has 2 N–H and O–H groups in total. The second kappa shape index (κ2) is 5.87. The van der Waals surface area contributed by atoms with E-state index < -0.39 is 0 Å². The number of hydrogen-bond acceptors (Lipinski definition) is 5. The highest BCUT2D eigenvalue weighted by Crippen LogP contribution is 2.18. The van der Waals surface area contributed by atoms with E-state index in [4.69, 9.17) is 10.6 Å². The molecule has 0 aliphatic heterocycles. The number of carbonyl (C=O) groups is 2. The lowest BCUT2D eigenvalue weighted by atomic mass is 10.1. The van der Waals surface area contributed by atoms with Crippen LogP contribution in [-0.2, 0) is 16.0 Å². The normalized spacial score (nSPS) is 9.62. The molecule has 0 aliphatic carbocycles. The van der Waals surface area contributed by atoms with Crippen LogP contribution in [0.15, 0.2) is 18.2 Å². The molecule has 0 bridgehead atoms. The first-order valence-corrected chi connectivity index (χ1v) is 4.75. The molecule has 0 amide bonds. The van der Waals surface area contributed by atoms with Crippen molar-refractivity contribution < 1.29 is 19.2 Å². The highest BCUT2D eigenvalue weighted by atomic mass is 16.6. The third-order valence-electron chi connectivity index (χ3n) is 2.03. The molecule has 16 heavy (non-hydrogen) atoms. The molecule has 0 saturated heterocycles. The number of hydrogen-bond donors (Lipinski definition) is 1. The topological polar surface area (TPSA) is 78.6 Å². The summed E-state index contributed by atoms with van der Waals surface area (Å²) in [5.74, 6) is 5.02. The fourth-order valence-electron chi connectivity index (χ4n) is 1.25. The SMILES string of the molecule is CC(=O)OCCc1ccc(C=O)c(ON)c1. The molecule has 0 atom stereocenters. The minimum atomic E-state index is -0.320. The molecule has 0 aromatic heterocycles. The summed E-state index contributed by atoms with van der Waals surface area (Å²) in [6, 6.07) is 5.02. The first-order chi connectivity index (χ1) is 7.67. The van der Waals surface area contributed by atoms with Crippen molar-refractivity contribution in [3.63, 3.8) is 0 Å².